The first-order valence-electron chi connectivity index (χ1n) is 4.30. The largest absolute Gasteiger partial charge is 0.0801 e. The van der Waals surface area contributed by atoms with Crippen molar-refractivity contribution in [3.05, 3.63) is 47.0 Å². The maximum atomic E-state index is 2.22. The maximum absolute atomic E-state index is 2.22. The number of rotatable bonds is 0. The number of benzene rings is 1. The number of hydrogen-bond donors (Lipinski definition) is 0. The van der Waals surface area contributed by atoms with Crippen molar-refractivity contribution in [2.24, 2.45) is 0 Å². The minimum atomic E-state index is 1.05. The standard InChI is InChI=1S/C12H12/c1-10-7-8-11-5-3-2-4-6-12(11)9-10/h3-9H,2H2,1H3. The number of fused-ring (bicyclic) bond motifs is 1. The summed E-state index contributed by atoms with van der Waals surface area (Å²) in [4.78, 5) is 0. The Morgan fingerprint density at radius 3 is 2.58 bits per heavy atom. The Balaban J connectivity index is 2.58. The summed E-state index contributed by atoms with van der Waals surface area (Å²) in [6, 6.07) is 6.56. The molecule has 1 aliphatic rings. The summed E-state index contributed by atoms with van der Waals surface area (Å²) in [5.74, 6) is 0. The van der Waals surface area contributed by atoms with E-state index in [4.69, 9.17) is 0 Å². The molecule has 1 aliphatic carbocycles. The number of hydrogen-bond acceptors (Lipinski definition) is 0. The van der Waals surface area contributed by atoms with E-state index in [9.17, 15) is 0 Å². The van der Waals surface area contributed by atoms with Gasteiger partial charge < -0.3 is 0 Å². The third-order valence-corrected chi connectivity index (χ3v) is 2.11. The first-order valence-corrected chi connectivity index (χ1v) is 4.30. The second-order valence-electron chi connectivity index (χ2n) is 3.17. The van der Waals surface area contributed by atoms with Crippen molar-refractivity contribution in [1.82, 2.24) is 0 Å². The molecular weight excluding hydrogens is 144 g/mol. The molecule has 0 amide bonds. The summed E-state index contributed by atoms with van der Waals surface area (Å²) in [5, 5.41) is 0. The molecule has 2 rings (SSSR count). The summed E-state index contributed by atoms with van der Waals surface area (Å²) in [5.41, 5.74) is 3.99. The van der Waals surface area contributed by atoms with E-state index in [2.05, 4.69) is 49.4 Å². The van der Waals surface area contributed by atoms with Gasteiger partial charge in [0.25, 0.3) is 0 Å². The highest BCUT2D eigenvalue weighted by molar-refractivity contribution is 5.67. The first-order chi connectivity index (χ1) is 5.86. The van der Waals surface area contributed by atoms with Gasteiger partial charge in [-0.15, -0.1) is 0 Å². The quantitative estimate of drug-likeness (QED) is 0.540. The molecule has 0 spiro atoms. The smallest absolute Gasteiger partial charge is 0.0162 e. The third-order valence-electron chi connectivity index (χ3n) is 2.11. The normalized spacial score (nSPS) is 14.1. The van der Waals surface area contributed by atoms with Crippen LogP contribution in [0.4, 0.5) is 0 Å². The fraction of sp³-hybridized carbons (Fsp3) is 0.167. The van der Waals surface area contributed by atoms with E-state index < -0.39 is 0 Å². The molecule has 0 saturated carbocycles. The van der Waals surface area contributed by atoms with Crippen molar-refractivity contribution in [1.29, 1.82) is 0 Å². The molecule has 0 heteroatoms. The summed E-state index contributed by atoms with van der Waals surface area (Å²) in [6.07, 6.45) is 9.82. The fourth-order valence-electron chi connectivity index (χ4n) is 1.46. The molecule has 0 radical (unpaired) electrons. The Labute approximate surface area is 73.2 Å². The van der Waals surface area contributed by atoms with E-state index in [1.165, 1.54) is 16.7 Å². The average molecular weight is 156 g/mol. The van der Waals surface area contributed by atoms with Gasteiger partial charge in [0.05, 0.1) is 0 Å². The van der Waals surface area contributed by atoms with Gasteiger partial charge in [0.2, 0.25) is 0 Å². The second-order valence-corrected chi connectivity index (χ2v) is 3.17. The average Bonchev–Trinajstić information content (AvgIpc) is 2.28. The van der Waals surface area contributed by atoms with Gasteiger partial charge in [-0.3, -0.25) is 0 Å². The number of aryl methyl sites for hydroxylation is 1. The highest BCUT2D eigenvalue weighted by Crippen LogP contribution is 2.18. The lowest BCUT2D eigenvalue weighted by atomic mass is 10.0. The molecule has 0 atom stereocenters. The van der Waals surface area contributed by atoms with E-state index in [0.717, 1.165) is 6.42 Å². The molecule has 0 aromatic heterocycles. The molecule has 1 aromatic carbocycles. The molecule has 0 unspecified atom stereocenters. The molecule has 12 heavy (non-hydrogen) atoms. The minimum Gasteiger partial charge on any atom is -0.0801 e. The van der Waals surface area contributed by atoms with Gasteiger partial charge >= 0.3 is 0 Å². The van der Waals surface area contributed by atoms with Crippen LogP contribution in [-0.4, -0.2) is 0 Å². The molecule has 1 aromatic rings. The SMILES string of the molecule is Cc1ccc2c(c1)C=CCC=C2. The first kappa shape index (κ1) is 7.35. The van der Waals surface area contributed by atoms with Crippen LogP contribution in [-0.2, 0) is 0 Å². The van der Waals surface area contributed by atoms with Crippen molar-refractivity contribution in [3.8, 4) is 0 Å². The summed E-state index contributed by atoms with van der Waals surface area (Å²) < 4.78 is 0. The highest BCUT2D eigenvalue weighted by Gasteiger charge is 1.97. The van der Waals surface area contributed by atoms with Crippen LogP contribution in [0.15, 0.2) is 30.4 Å². The van der Waals surface area contributed by atoms with Crippen LogP contribution in [0.3, 0.4) is 0 Å². The molecule has 0 bridgehead atoms. The van der Waals surface area contributed by atoms with Crippen molar-refractivity contribution >= 4 is 12.2 Å². The van der Waals surface area contributed by atoms with Gasteiger partial charge in [-0.25, -0.2) is 0 Å². The van der Waals surface area contributed by atoms with Crippen LogP contribution in [0.5, 0.6) is 0 Å². The highest BCUT2D eigenvalue weighted by atomic mass is 14.0. The van der Waals surface area contributed by atoms with Gasteiger partial charge in [-0.2, -0.15) is 0 Å². The Morgan fingerprint density at radius 1 is 1.00 bits per heavy atom. The fourth-order valence-corrected chi connectivity index (χ4v) is 1.46. The molecule has 0 heterocycles. The topological polar surface area (TPSA) is 0 Å². The zero-order valence-electron chi connectivity index (χ0n) is 7.25. The Kier molecular flexibility index (Phi) is 1.83. The summed E-state index contributed by atoms with van der Waals surface area (Å²) in [6.45, 7) is 2.13. The van der Waals surface area contributed by atoms with Gasteiger partial charge in [0.15, 0.2) is 0 Å². The van der Waals surface area contributed by atoms with Crippen molar-refractivity contribution in [2.75, 3.05) is 0 Å². The van der Waals surface area contributed by atoms with E-state index in [-0.39, 0.29) is 0 Å². The van der Waals surface area contributed by atoms with Gasteiger partial charge in [0.1, 0.15) is 0 Å². The van der Waals surface area contributed by atoms with E-state index in [1.807, 2.05) is 0 Å². The molecular formula is C12H12. The predicted octanol–water partition coefficient (Wildman–Crippen LogP) is 3.43. The molecule has 0 saturated heterocycles. The van der Waals surface area contributed by atoms with Gasteiger partial charge in [0, 0.05) is 0 Å². The van der Waals surface area contributed by atoms with E-state index >= 15 is 0 Å². The van der Waals surface area contributed by atoms with Crippen molar-refractivity contribution in [2.45, 2.75) is 13.3 Å². The Hall–Kier alpha value is -1.30. The lowest BCUT2D eigenvalue weighted by Crippen LogP contribution is -1.80. The molecule has 60 valence electrons. The van der Waals surface area contributed by atoms with Crippen LogP contribution >= 0.6 is 0 Å². The van der Waals surface area contributed by atoms with Gasteiger partial charge in [-0.05, 0) is 24.5 Å². The maximum Gasteiger partial charge on any atom is -0.0162 e. The minimum absolute atomic E-state index is 1.05. The summed E-state index contributed by atoms with van der Waals surface area (Å²) >= 11 is 0. The zero-order valence-corrected chi connectivity index (χ0v) is 7.25. The Bertz CT molecular complexity index is 343. The monoisotopic (exact) mass is 156 g/mol. The van der Waals surface area contributed by atoms with Crippen LogP contribution in [0.1, 0.15) is 23.1 Å². The molecule has 0 nitrogen and oxygen atoms in total. The molecule has 0 N–H and O–H groups in total. The predicted molar refractivity (Wildman–Crippen MR) is 53.9 cm³/mol. The van der Waals surface area contributed by atoms with Crippen molar-refractivity contribution < 1.29 is 0 Å². The van der Waals surface area contributed by atoms with Crippen LogP contribution < -0.4 is 0 Å². The summed E-state index contributed by atoms with van der Waals surface area (Å²) in [7, 11) is 0. The molecule has 0 aliphatic heterocycles. The van der Waals surface area contributed by atoms with Crippen LogP contribution in [0.25, 0.3) is 12.2 Å². The van der Waals surface area contributed by atoms with E-state index in [1.54, 1.807) is 0 Å². The number of allylic oxidation sites excluding steroid dienone is 2. The van der Waals surface area contributed by atoms with Gasteiger partial charge in [-0.1, -0.05) is 48.1 Å². The van der Waals surface area contributed by atoms with Crippen molar-refractivity contribution in [3.63, 3.8) is 0 Å². The lowest BCUT2D eigenvalue weighted by molar-refractivity contribution is 1.44. The van der Waals surface area contributed by atoms with Crippen LogP contribution in [0.2, 0.25) is 0 Å². The zero-order chi connectivity index (χ0) is 8.39. The lowest BCUT2D eigenvalue weighted by Gasteiger charge is -2.00. The molecule has 0 fully saturated rings. The third kappa shape index (κ3) is 1.33. The second kappa shape index (κ2) is 2.98. The van der Waals surface area contributed by atoms with E-state index in [0.29, 0.717) is 0 Å². The van der Waals surface area contributed by atoms with Crippen LogP contribution in [0, 0.1) is 6.92 Å². The Morgan fingerprint density at radius 2 is 1.75 bits per heavy atom.